The molecule has 0 saturated heterocycles. The summed E-state index contributed by atoms with van der Waals surface area (Å²) in [7, 11) is 0. The summed E-state index contributed by atoms with van der Waals surface area (Å²) in [5, 5.41) is 9.14. The van der Waals surface area contributed by atoms with Gasteiger partial charge in [0.1, 0.15) is 0 Å². The molecule has 5 aliphatic carbocycles. The van der Waals surface area contributed by atoms with E-state index in [1.54, 1.807) is 12.8 Å². The van der Waals surface area contributed by atoms with Crippen molar-refractivity contribution in [2.45, 2.75) is 90.4 Å². The molecule has 0 spiro atoms. The molecule has 2 heteroatoms. The van der Waals surface area contributed by atoms with Gasteiger partial charge < -0.3 is 5.11 Å². The van der Waals surface area contributed by atoms with Crippen molar-refractivity contribution in [1.29, 1.82) is 0 Å². The Kier molecular flexibility index (Phi) is 5.05. The average Bonchev–Trinajstić information content (AvgIpc) is 3.48. The molecule has 0 radical (unpaired) electrons. The molecule has 1 N–H and O–H groups in total. The van der Waals surface area contributed by atoms with Crippen LogP contribution in [0.1, 0.15) is 90.4 Å². The summed E-state index contributed by atoms with van der Waals surface area (Å²) >= 11 is 0. The SMILES string of the molecule is CCCCCCCCCC1CC1C1CC1C1CC1C1CC1C1CC1C(=O)O. The largest absolute Gasteiger partial charge is 0.481 e. The third kappa shape index (κ3) is 4.10. The summed E-state index contributed by atoms with van der Waals surface area (Å²) in [4.78, 5) is 11.1. The van der Waals surface area contributed by atoms with E-state index in [4.69, 9.17) is 5.11 Å². The smallest absolute Gasteiger partial charge is 0.306 e. The van der Waals surface area contributed by atoms with Gasteiger partial charge in [0, 0.05) is 0 Å². The van der Waals surface area contributed by atoms with E-state index in [-0.39, 0.29) is 5.92 Å². The highest BCUT2D eigenvalue weighted by Crippen LogP contribution is 2.72. The fourth-order valence-electron chi connectivity index (χ4n) is 7.12. The van der Waals surface area contributed by atoms with Crippen LogP contribution >= 0.6 is 0 Å². The molecule has 0 amide bonds. The standard InChI is InChI=1S/C25H40O2/c1-2-3-4-5-6-7-8-9-15-10-16(15)17-11-18(17)19-12-20(19)21-13-22(21)23-14-24(23)25(26)27/h15-24H,2-14H2,1H3,(H,26,27). The summed E-state index contributed by atoms with van der Waals surface area (Å²) in [6, 6.07) is 0. The topological polar surface area (TPSA) is 37.3 Å². The van der Waals surface area contributed by atoms with Gasteiger partial charge in [-0.3, -0.25) is 4.79 Å². The lowest BCUT2D eigenvalue weighted by molar-refractivity contribution is -0.138. The van der Waals surface area contributed by atoms with E-state index in [1.165, 1.54) is 64.2 Å². The summed E-state index contributed by atoms with van der Waals surface area (Å²) in [6.45, 7) is 2.30. The molecular weight excluding hydrogens is 332 g/mol. The van der Waals surface area contributed by atoms with Gasteiger partial charge in [-0.1, -0.05) is 58.3 Å². The first-order chi connectivity index (χ1) is 13.2. The lowest BCUT2D eigenvalue weighted by Gasteiger charge is -2.02. The molecule has 27 heavy (non-hydrogen) atoms. The normalized spacial score (nSPS) is 48.9. The zero-order chi connectivity index (χ0) is 18.5. The number of carbonyl (C=O) groups is 1. The van der Waals surface area contributed by atoms with Gasteiger partial charge in [-0.2, -0.15) is 0 Å². The number of unbranched alkanes of at least 4 members (excludes halogenated alkanes) is 6. The summed E-state index contributed by atoms with van der Waals surface area (Å²) in [5.74, 6) is 8.32. The van der Waals surface area contributed by atoms with Crippen molar-refractivity contribution in [3.8, 4) is 0 Å². The zero-order valence-corrected chi connectivity index (χ0v) is 17.3. The Labute approximate surface area is 165 Å². The summed E-state index contributed by atoms with van der Waals surface area (Å²) in [6.07, 6.45) is 18.7. The first kappa shape index (κ1) is 18.5. The molecule has 5 aliphatic rings. The number of hydrogen-bond acceptors (Lipinski definition) is 1. The van der Waals surface area contributed by atoms with Crippen molar-refractivity contribution < 1.29 is 9.90 Å². The van der Waals surface area contributed by atoms with Crippen molar-refractivity contribution in [2.75, 3.05) is 0 Å². The molecule has 0 aliphatic heterocycles. The van der Waals surface area contributed by atoms with Crippen LogP contribution in [-0.2, 0) is 4.79 Å². The highest BCUT2D eigenvalue weighted by molar-refractivity contribution is 5.73. The van der Waals surface area contributed by atoms with Crippen LogP contribution in [0.3, 0.4) is 0 Å². The number of aliphatic carboxylic acids is 1. The van der Waals surface area contributed by atoms with Gasteiger partial charge in [0.2, 0.25) is 0 Å². The first-order valence-corrected chi connectivity index (χ1v) is 12.4. The molecule has 152 valence electrons. The molecule has 10 atom stereocenters. The number of rotatable bonds is 13. The van der Waals surface area contributed by atoms with E-state index in [9.17, 15) is 4.79 Å². The van der Waals surface area contributed by atoms with Crippen molar-refractivity contribution in [1.82, 2.24) is 0 Å². The van der Waals surface area contributed by atoms with Crippen LogP contribution in [0.15, 0.2) is 0 Å². The van der Waals surface area contributed by atoms with Crippen LogP contribution < -0.4 is 0 Å². The van der Waals surface area contributed by atoms with E-state index in [2.05, 4.69) is 6.92 Å². The molecule has 2 nitrogen and oxygen atoms in total. The highest BCUT2D eigenvalue weighted by Gasteiger charge is 2.66. The second kappa shape index (κ2) is 7.38. The molecule has 0 aromatic heterocycles. The minimum Gasteiger partial charge on any atom is -0.481 e. The molecule has 10 unspecified atom stereocenters. The van der Waals surface area contributed by atoms with Gasteiger partial charge in [-0.25, -0.2) is 0 Å². The Morgan fingerprint density at radius 1 is 0.667 bits per heavy atom. The molecule has 5 rings (SSSR count). The van der Waals surface area contributed by atoms with Crippen LogP contribution in [0.2, 0.25) is 0 Å². The van der Waals surface area contributed by atoms with Gasteiger partial charge >= 0.3 is 5.97 Å². The predicted molar refractivity (Wildman–Crippen MR) is 108 cm³/mol. The van der Waals surface area contributed by atoms with Crippen molar-refractivity contribution in [3.05, 3.63) is 0 Å². The van der Waals surface area contributed by atoms with E-state index >= 15 is 0 Å². The molecule has 0 heterocycles. The lowest BCUT2D eigenvalue weighted by atomic mass is 10.0. The second-order valence-electron chi connectivity index (χ2n) is 11.1. The molecule has 5 fully saturated rings. The van der Waals surface area contributed by atoms with Gasteiger partial charge in [0.25, 0.3) is 0 Å². The van der Waals surface area contributed by atoms with Crippen LogP contribution in [0.25, 0.3) is 0 Å². The van der Waals surface area contributed by atoms with Gasteiger partial charge in [-0.15, -0.1) is 0 Å². The molecule has 0 aromatic carbocycles. The van der Waals surface area contributed by atoms with Crippen molar-refractivity contribution in [3.63, 3.8) is 0 Å². The minimum atomic E-state index is -0.527. The summed E-state index contributed by atoms with van der Waals surface area (Å²) < 4.78 is 0. The Bertz CT molecular complexity index is 557. The summed E-state index contributed by atoms with van der Waals surface area (Å²) in [5.41, 5.74) is 0. The van der Waals surface area contributed by atoms with Crippen LogP contribution in [0.5, 0.6) is 0 Å². The van der Waals surface area contributed by atoms with E-state index in [0.717, 1.165) is 53.8 Å². The molecule has 0 aromatic rings. The monoisotopic (exact) mass is 372 g/mol. The maximum absolute atomic E-state index is 11.1. The van der Waals surface area contributed by atoms with Gasteiger partial charge in [-0.05, 0) is 85.4 Å². The fraction of sp³-hybridized carbons (Fsp3) is 0.960. The van der Waals surface area contributed by atoms with E-state index in [1.807, 2.05) is 0 Å². The first-order valence-electron chi connectivity index (χ1n) is 12.4. The minimum absolute atomic E-state index is 0.0322. The maximum atomic E-state index is 11.1. The molecule has 0 bridgehead atoms. The van der Waals surface area contributed by atoms with Crippen LogP contribution in [-0.4, -0.2) is 11.1 Å². The third-order valence-corrected chi connectivity index (χ3v) is 9.19. The van der Waals surface area contributed by atoms with Gasteiger partial charge in [0.15, 0.2) is 0 Å². The van der Waals surface area contributed by atoms with E-state index in [0.29, 0.717) is 5.92 Å². The molecule has 5 saturated carbocycles. The van der Waals surface area contributed by atoms with Crippen molar-refractivity contribution in [2.24, 2.45) is 59.2 Å². The fourth-order valence-corrected chi connectivity index (χ4v) is 7.12. The number of hydrogen-bond donors (Lipinski definition) is 1. The predicted octanol–water partition coefficient (Wildman–Crippen LogP) is 6.39. The van der Waals surface area contributed by atoms with Crippen molar-refractivity contribution >= 4 is 5.97 Å². The third-order valence-electron chi connectivity index (χ3n) is 9.19. The Hall–Kier alpha value is -0.530. The Balaban J connectivity index is 0.933. The average molecular weight is 373 g/mol. The zero-order valence-electron chi connectivity index (χ0n) is 17.3. The van der Waals surface area contributed by atoms with Crippen LogP contribution in [0, 0.1) is 59.2 Å². The van der Waals surface area contributed by atoms with Crippen LogP contribution in [0.4, 0.5) is 0 Å². The Morgan fingerprint density at radius 2 is 1.19 bits per heavy atom. The number of carboxylic acids is 1. The number of carboxylic acid groups (broad SMARTS) is 1. The quantitative estimate of drug-likeness (QED) is 0.380. The van der Waals surface area contributed by atoms with E-state index < -0.39 is 5.97 Å². The lowest BCUT2D eigenvalue weighted by Crippen LogP contribution is -2.02. The van der Waals surface area contributed by atoms with Gasteiger partial charge in [0.05, 0.1) is 5.92 Å². The molecular formula is C25H40O2. The maximum Gasteiger partial charge on any atom is 0.306 e. The Morgan fingerprint density at radius 3 is 1.74 bits per heavy atom. The highest BCUT2D eigenvalue weighted by atomic mass is 16.4. The second-order valence-corrected chi connectivity index (χ2v) is 11.1.